The predicted octanol–water partition coefficient (Wildman–Crippen LogP) is 6.51. The lowest BCUT2D eigenvalue weighted by molar-refractivity contribution is -0.117. The molecule has 1 nitrogen and oxygen atoms in total. The molecule has 0 N–H and O–H groups in total. The standard InChI is InChI=1S/C25H34O/c1-3-5-7-13-21-15-9-11-17-23(21)19-25(26)20-24-18-12-10-16-22(24)14-8-6-4-2/h9-12,15-18H,3-8,13-14,19-20H2,1-2H3. The van der Waals surface area contributed by atoms with Gasteiger partial charge in [0.25, 0.3) is 0 Å². The Bertz CT molecular complexity index is 614. The molecule has 0 bridgehead atoms. The highest BCUT2D eigenvalue weighted by Gasteiger charge is 2.11. The summed E-state index contributed by atoms with van der Waals surface area (Å²) in [6, 6.07) is 17.0. The van der Waals surface area contributed by atoms with Crippen LogP contribution in [0.3, 0.4) is 0 Å². The first-order valence-corrected chi connectivity index (χ1v) is 10.4. The zero-order valence-electron chi connectivity index (χ0n) is 16.6. The van der Waals surface area contributed by atoms with E-state index in [1.54, 1.807) is 0 Å². The molecule has 0 spiro atoms. The molecule has 0 atom stereocenters. The molecular formula is C25H34O. The fraction of sp³-hybridized carbons (Fsp3) is 0.480. The maximum absolute atomic E-state index is 12.7. The summed E-state index contributed by atoms with van der Waals surface area (Å²) < 4.78 is 0. The summed E-state index contributed by atoms with van der Waals surface area (Å²) in [5, 5.41) is 0. The molecule has 0 radical (unpaired) electrons. The highest BCUT2D eigenvalue weighted by atomic mass is 16.1. The average Bonchev–Trinajstić information content (AvgIpc) is 2.65. The number of aryl methyl sites for hydroxylation is 2. The largest absolute Gasteiger partial charge is 0.299 e. The molecule has 140 valence electrons. The van der Waals surface area contributed by atoms with E-state index in [1.807, 2.05) is 0 Å². The van der Waals surface area contributed by atoms with Gasteiger partial charge in [-0.2, -0.15) is 0 Å². The van der Waals surface area contributed by atoms with E-state index in [-0.39, 0.29) is 0 Å². The molecule has 0 aliphatic carbocycles. The summed E-state index contributed by atoms with van der Waals surface area (Å²) in [5.74, 6) is 0.330. The summed E-state index contributed by atoms with van der Waals surface area (Å²) in [5.41, 5.74) is 5.14. The van der Waals surface area contributed by atoms with Crippen LogP contribution in [0.25, 0.3) is 0 Å². The van der Waals surface area contributed by atoms with E-state index in [1.165, 1.54) is 60.8 Å². The van der Waals surface area contributed by atoms with Crippen molar-refractivity contribution in [2.24, 2.45) is 0 Å². The minimum atomic E-state index is 0.330. The van der Waals surface area contributed by atoms with E-state index in [2.05, 4.69) is 62.4 Å². The van der Waals surface area contributed by atoms with Gasteiger partial charge in [0.05, 0.1) is 0 Å². The van der Waals surface area contributed by atoms with Crippen molar-refractivity contribution in [3.63, 3.8) is 0 Å². The Morgan fingerprint density at radius 2 is 1.00 bits per heavy atom. The third-order valence-electron chi connectivity index (χ3n) is 5.11. The van der Waals surface area contributed by atoms with Gasteiger partial charge >= 0.3 is 0 Å². The van der Waals surface area contributed by atoms with Gasteiger partial charge in [0.2, 0.25) is 0 Å². The first-order chi connectivity index (χ1) is 12.7. The molecule has 0 unspecified atom stereocenters. The van der Waals surface area contributed by atoms with Crippen LogP contribution in [0.15, 0.2) is 48.5 Å². The highest BCUT2D eigenvalue weighted by molar-refractivity contribution is 5.83. The predicted molar refractivity (Wildman–Crippen MR) is 112 cm³/mol. The summed E-state index contributed by atoms with van der Waals surface area (Å²) in [6.45, 7) is 4.46. The Hall–Kier alpha value is -1.89. The van der Waals surface area contributed by atoms with Crippen molar-refractivity contribution >= 4 is 5.78 Å². The Morgan fingerprint density at radius 1 is 0.615 bits per heavy atom. The number of Topliss-reactive ketones (excluding diaryl/α,β-unsaturated/α-hetero) is 1. The zero-order valence-corrected chi connectivity index (χ0v) is 16.6. The van der Waals surface area contributed by atoms with Crippen LogP contribution in [0, 0.1) is 0 Å². The minimum absolute atomic E-state index is 0.330. The number of unbranched alkanes of at least 4 members (excludes halogenated alkanes) is 4. The molecule has 0 saturated heterocycles. The number of benzene rings is 2. The molecule has 26 heavy (non-hydrogen) atoms. The molecule has 0 amide bonds. The van der Waals surface area contributed by atoms with Gasteiger partial charge < -0.3 is 0 Å². The number of carbonyl (C=O) groups excluding carboxylic acids is 1. The van der Waals surface area contributed by atoms with Gasteiger partial charge in [-0.25, -0.2) is 0 Å². The van der Waals surface area contributed by atoms with E-state index in [0.29, 0.717) is 18.6 Å². The lowest BCUT2D eigenvalue weighted by Crippen LogP contribution is -2.10. The summed E-state index contributed by atoms with van der Waals surface area (Å²) in [4.78, 5) is 12.7. The molecule has 2 rings (SSSR count). The second kappa shape index (κ2) is 11.7. The first kappa shape index (κ1) is 20.4. The topological polar surface area (TPSA) is 17.1 Å². The molecule has 1 heteroatoms. The van der Waals surface area contributed by atoms with E-state index < -0.39 is 0 Å². The SMILES string of the molecule is CCCCCc1ccccc1CC(=O)Cc1ccccc1CCCCC. The average molecular weight is 351 g/mol. The van der Waals surface area contributed by atoms with E-state index in [9.17, 15) is 4.79 Å². The van der Waals surface area contributed by atoms with Crippen molar-refractivity contribution < 1.29 is 4.79 Å². The Balaban J connectivity index is 1.99. The second-order valence-electron chi connectivity index (χ2n) is 7.34. The third-order valence-corrected chi connectivity index (χ3v) is 5.11. The van der Waals surface area contributed by atoms with Crippen molar-refractivity contribution in [3.05, 3.63) is 70.8 Å². The van der Waals surface area contributed by atoms with Crippen LogP contribution >= 0.6 is 0 Å². The van der Waals surface area contributed by atoms with Crippen molar-refractivity contribution in [3.8, 4) is 0 Å². The normalized spacial score (nSPS) is 10.8. The summed E-state index contributed by atoms with van der Waals surface area (Å²) in [6.07, 6.45) is 10.7. The minimum Gasteiger partial charge on any atom is -0.299 e. The molecule has 0 saturated carbocycles. The first-order valence-electron chi connectivity index (χ1n) is 10.4. The van der Waals surface area contributed by atoms with Crippen LogP contribution in [0.5, 0.6) is 0 Å². The van der Waals surface area contributed by atoms with Gasteiger partial charge in [0.1, 0.15) is 5.78 Å². The van der Waals surface area contributed by atoms with Crippen LogP contribution in [0.1, 0.15) is 74.6 Å². The lowest BCUT2D eigenvalue weighted by atomic mass is 9.93. The van der Waals surface area contributed by atoms with Crippen LogP contribution < -0.4 is 0 Å². The van der Waals surface area contributed by atoms with E-state index >= 15 is 0 Å². The summed E-state index contributed by atoms with van der Waals surface area (Å²) in [7, 11) is 0. The highest BCUT2D eigenvalue weighted by Crippen LogP contribution is 2.17. The quantitative estimate of drug-likeness (QED) is 0.399. The number of carbonyl (C=O) groups is 1. The molecule has 0 aliphatic heterocycles. The van der Waals surface area contributed by atoms with E-state index in [4.69, 9.17) is 0 Å². The van der Waals surface area contributed by atoms with Gasteiger partial charge in [-0.15, -0.1) is 0 Å². The lowest BCUT2D eigenvalue weighted by Gasteiger charge is -2.11. The maximum Gasteiger partial charge on any atom is 0.141 e. The Kier molecular flexibility index (Phi) is 9.17. The Morgan fingerprint density at radius 3 is 1.38 bits per heavy atom. The van der Waals surface area contributed by atoms with E-state index in [0.717, 1.165) is 12.8 Å². The monoisotopic (exact) mass is 350 g/mol. The van der Waals surface area contributed by atoms with Crippen LogP contribution in [0.2, 0.25) is 0 Å². The number of hydrogen-bond donors (Lipinski definition) is 0. The zero-order chi connectivity index (χ0) is 18.6. The van der Waals surface area contributed by atoms with Gasteiger partial charge in [-0.3, -0.25) is 4.79 Å². The van der Waals surface area contributed by atoms with Gasteiger partial charge in [-0.05, 0) is 47.9 Å². The summed E-state index contributed by atoms with van der Waals surface area (Å²) >= 11 is 0. The van der Waals surface area contributed by atoms with Crippen molar-refractivity contribution in [1.29, 1.82) is 0 Å². The Labute approximate surface area is 159 Å². The number of rotatable bonds is 12. The van der Waals surface area contributed by atoms with Gasteiger partial charge in [-0.1, -0.05) is 88.1 Å². The molecule has 0 fully saturated rings. The van der Waals surface area contributed by atoms with Crippen molar-refractivity contribution in [2.75, 3.05) is 0 Å². The van der Waals surface area contributed by atoms with Gasteiger partial charge in [0.15, 0.2) is 0 Å². The molecule has 2 aromatic carbocycles. The van der Waals surface area contributed by atoms with Crippen LogP contribution in [0.4, 0.5) is 0 Å². The number of ketones is 1. The fourth-order valence-corrected chi connectivity index (χ4v) is 3.57. The molecule has 0 heterocycles. The molecule has 0 aromatic heterocycles. The fourth-order valence-electron chi connectivity index (χ4n) is 3.57. The van der Waals surface area contributed by atoms with Crippen molar-refractivity contribution in [2.45, 2.75) is 78.1 Å². The van der Waals surface area contributed by atoms with Crippen molar-refractivity contribution in [1.82, 2.24) is 0 Å². The molecule has 0 aliphatic rings. The van der Waals surface area contributed by atoms with Crippen LogP contribution in [-0.2, 0) is 30.5 Å². The maximum atomic E-state index is 12.7. The van der Waals surface area contributed by atoms with Crippen LogP contribution in [-0.4, -0.2) is 5.78 Å². The van der Waals surface area contributed by atoms with Gasteiger partial charge in [0, 0.05) is 12.8 Å². The molecule has 2 aromatic rings. The smallest absolute Gasteiger partial charge is 0.141 e. The third kappa shape index (κ3) is 6.78. The second-order valence-corrected chi connectivity index (χ2v) is 7.34. The number of hydrogen-bond acceptors (Lipinski definition) is 1. The molecular weight excluding hydrogens is 316 g/mol.